The first-order valence-corrected chi connectivity index (χ1v) is 12.1. The summed E-state index contributed by atoms with van der Waals surface area (Å²) in [7, 11) is -2.79. The number of morpholine rings is 1. The van der Waals surface area contributed by atoms with E-state index in [1.165, 1.54) is 13.2 Å². The molecule has 2 aromatic carbocycles. The standard InChI is InChI=1S/C21H23FN2O6S2/c1-14(21(26)29-2)31-18-6-4-3-5-16(18)20(25)23-15-7-8-17(22)19(13-15)32(27,28)24-9-11-30-12-10-24/h3-8,13-14H,9-12H2,1-2H3,(H,23,25). The molecule has 2 aromatic rings. The van der Waals surface area contributed by atoms with E-state index in [4.69, 9.17) is 9.47 Å². The second-order valence-corrected chi connectivity index (χ2v) is 10.2. The lowest BCUT2D eigenvalue weighted by molar-refractivity contribution is -0.139. The number of hydrogen-bond acceptors (Lipinski definition) is 7. The van der Waals surface area contributed by atoms with Crippen LogP contribution in [0.2, 0.25) is 0 Å². The Balaban J connectivity index is 1.84. The molecule has 1 unspecified atom stereocenters. The third kappa shape index (κ3) is 5.47. The maximum absolute atomic E-state index is 14.4. The average Bonchev–Trinajstić information content (AvgIpc) is 2.80. The van der Waals surface area contributed by atoms with Gasteiger partial charge in [0.15, 0.2) is 0 Å². The molecule has 3 rings (SSSR count). The van der Waals surface area contributed by atoms with Crippen molar-refractivity contribution in [3.8, 4) is 0 Å². The molecule has 0 radical (unpaired) electrons. The first-order valence-electron chi connectivity index (χ1n) is 9.76. The van der Waals surface area contributed by atoms with E-state index < -0.39 is 37.9 Å². The number of sulfonamides is 1. The number of nitrogens with zero attached hydrogens (tertiary/aromatic N) is 1. The number of anilines is 1. The molecule has 172 valence electrons. The number of esters is 1. The molecule has 1 aliphatic heterocycles. The lowest BCUT2D eigenvalue weighted by atomic mass is 10.2. The van der Waals surface area contributed by atoms with Gasteiger partial charge in [-0.1, -0.05) is 12.1 Å². The summed E-state index contributed by atoms with van der Waals surface area (Å²) in [5.41, 5.74) is 0.416. The Kier molecular flexibility index (Phi) is 7.88. The Bertz CT molecular complexity index is 1100. The number of ether oxygens (including phenoxy) is 2. The molecule has 1 atom stereocenters. The zero-order chi connectivity index (χ0) is 23.3. The second kappa shape index (κ2) is 10.4. The van der Waals surface area contributed by atoms with Crippen LogP contribution < -0.4 is 5.32 Å². The summed E-state index contributed by atoms with van der Waals surface area (Å²) in [6.45, 7) is 2.38. The van der Waals surface area contributed by atoms with E-state index in [-0.39, 0.29) is 37.6 Å². The van der Waals surface area contributed by atoms with Gasteiger partial charge in [-0.15, -0.1) is 11.8 Å². The van der Waals surface area contributed by atoms with Gasteiger partial charge in [0, 0.05) is 23.7 Å². The van der Waals surface area contributed by atoms with Crippen molar-refractivity contribution in [2.45, 2.75) is 22.0 Å². The average molecular weight is 483 g/mol. The van der Waals surface area contributed by atoms with Crippen molar-refractivity contribution >= 4 is 39.3 Å². The van der Waals surface area contributed by atoms with Crippen LogP contribution in [-0.2, 0) is 24.3 Å². The number of methoxy groups -OCH3 is 1. The fraction of sp³-hybridized carbons (Fsp3) is 0.333. The van der Waals surface area contributed by atoms with Gasteiger partial charge in [-0.3, -0.25) is 9.59 Å². The third-order valence-electron chi connectivity index (χ3n) is 4.75. The first-order chi connectivity index (χ1) is 15.2. The van der Waals surface area contributed by atoms with E-state index in [1.54, 1.807) is 31.2 Å². The molecule has 0 bridgehead atoms. The van der Waals surface area contributed by atoms with Crippen LogP contribution >= 0.6 is 11.8 Å². The number of hydrogen-bond donors (Lipinski definition) is 1. The molecular formula is C21H23FN2O6S2. The summed E-state index contributed by atoms with van der Waals surface area (Å²) in [4.78, 5) is 24.7. The lowest BCUT2D eigenvalue weighted by Gasteiger charge is -2.26. The normalized spacial score (nSPS) is 15.7. The van der Waals surface area contributed by atoms with Crippen LogP contribution in [0.4, 0.5) is 10.1 Å². The number of thioether (sulfide) groups is 1. The van der Waals surface area contributed by atoms with E-state index in [1.807, 2.05) is 0 Å². The smallest absolute Gasteiger partial charge is 0.318 e. The largest absolute Gasteiger partial charge is 0.468 e. The molecule has 1 heterocycles. The SMILES string of the molecule is COC(=O)C(C)Sc1ccccc1C(=O)Nc1ccc(F)c(S(=O)(=O)N2CCOCC2)c1. The van der Waals surface area contributed by atoms with E-state index in [0.29, 0.717) is 4.90 Å². The van der Waals surface area contributed by atoms with Crippen LogP contribution in [0.15, 0.2) is 52.3 Å². The maximum atomic E-state index is 14.4. The van der Waals surface area contributed by atoms with Crippen LogP contribution in [-0.4, -0.2) is 63.3 Å². The van der Waals surface area contributed by atoms with Crippen LogP contribution in [0, 0.1) is 5.82 Å². The molecule has 1 amide bonds. The van der Waals surface area contributed by atoms with E-state index in [0.717, 1.165) is 28.2 Å². The van der Waals surface area contributed by atoms with Crippen molar-refractivity contribution in [1.82, 2.24) is 4.31 Å². The third-order valence-corrected chi connectivity index (χ3v) is 7.82. The molecule has 0 spiro atoms. The molecule has 1 fully saturated rings. The molecule has 1 N–H and O–H groups in total. The molecule has 0 saturated carbocycles. The summed E-state index contributed by atoms with van der Waals surface area (Å²) in [6.07, 6.45) is 0. The molecule has 32 heavy (non-hydrogen) atoms. The molecule has 8 nitrogen and oxygen atoms in total. The highest BCUT2D eigenvalue weighted by molar-refractivity contribution is 8.00. The van der Waals surface area contributed by atoms with Crippen LogP contribution in [0.1, 0.15) is 17.3 Å². The minimum atomic E-state index is -4.08. The second-order valence-electron chi connectivity index (χ2n) is 6.90. The van der Waals surface area contributed by atoms with Gasteiger partial charge in [0.1, 0.15) is 16.0 Å². The van der Waals surface area contributed by atoms with Crippen molar-refractivity contribution in [2.75, 3.05) is 38.7 Å². The molecule has 1 aliphatic rings. The number of carbonyl (C=O) groups excluding carboxylic acids is 2. The van der Waals surface area contributed by atoms with Gasteiger partial charge in [-0.2, -0.15) is 4.31 Å². The van der Waals surface area contributed by atoms with E-state index in [9.17, 15) is 22.4 Å². The van der Waals surface area contributed by atoms with Gasteiger partial charge in [0.05, 0.1) is 25.9 Å². The lowest BCUT2D eigenvalue weighted by Crippen LogP contribution is -2.40. The molecular weight excluding hydrogens is 459 g/mol. The number of carbonyl (C=O) groups is 2. The highest BCUT2D eigenvalue weighted by Crippen LogP contribution is 2.29. The Hall–Kier alpha value is -2.47. The van der Waals surface area contributed by atoms with Crippen LogP contribution in [0.3, 0.4) is 0 Å². The van der Waals surface area contributed by atoms with Crippen molar-refractivity contribution < 1.29 is 31.9 Å². The Labute approximate surface area is 190 Å². The highest BCUT2D eigenvalue weighted by atomic mass is 32.2. The van der Waals surface area contributed by atoms with Gasteiger partial charge >= 0.3 is 5.97 Å². The fourth-order valence-corrected chi connectivity index (χ4v) is 5.58. The summed E-state index contributed by atoms with van der Waals surface area (Å²) in [6, 6.07) is 10.1. The van der Waals surface area contributed by atoms with Crippen LogP contribution in [0.25, 0.3) is 0 Å². The number of benzene rings is 2. The minimum absolute atomic E-state index is 0.126. The van der Waals surface area contributed by atoms with Gasteiger partial charge < -0.3 is 14.8 Å². The quantitative estimate of drug-likeness (QED) is 0.478. The van der Waals surface area contributed by atoms with Crippen molar-refractivity contribution in [1.29, 1.82) is 0 Å². The zero-order valence-electron chi connectivity index (χ0n) is 17.5. The van der Waals surface area contributed by atoms with E-state index in [2.05, 4.69) is 5.32 Å². The van der Waals surface area contributed by atoms with Crippen LogP contribution in [0.5, 0.6) is 0 Å². The summed E-state index contributed by atoms with van der Waals surface area (Å²) >= 11 is 1.16. The van der Waals surface area contributed by atoms with Crippen molar-refractivity contribution in [2.24, 2.45) is 0 Å². The zero-order valence-corrected chi connectivity index (χ0v) is 19.2. The summed E-state index contributed by atoms with van der Waals surface area (Å²) in [5, 5.41) is 2.08. The highest BCUT2D eigenvalue weighted by Gasteiger charge is 2.29. The first kappa shape index (κ1) is 24.2. The Morgan fingerprint density at radius 3 is 2.56 bits per heavy atom. The monoisotopic (exact) mass is 482 g/mol. The summed E-state index contributed by atoms with van der Waals surface area (Å²) in [5.74, 6) is -1.86. The van der Waals surface area contributed by atoms with E-state index >= 15 is 0 Å². The number of nitrogens with one attached hydrogen (secondary N) is 1. The van der Waals surface area contributed by atoms with Crippen molar-refractivity contribution in [3.63, 3.8) is 0 Å². The molecule has 0 aromatic heterocycles. The minimum Gasteiger partial charge on any atom is -0.468 e. The number of amides is 1. The Morgan fingerprint density at radius 2 is 1.88 bits per heavy atom. The van der Waals surface area contributed by atoms with Gasteiger partial charge in [-0.25, -0.2) is 12.8 Å². The van der Waals surface area contributed by atoms with Gasteiger partial charge in [0.25, 0.3) is 5.91 Å². The molecule has 1 saturated heterocycles. The Morgan fingerprint density at radius 1 is 1.19 bits per heavy atom. The molecule has 11 heteroatoms. The summed E-state index contributed by atoms with van der Waals surface area (Å²) < 4.78 is 51.1. The maximum Gasteiger partial charge on any atom is 0.318 e. The predicted molar refractivity (Wildman–Crippen MR) is 118 cm³/mol. The number of halogens is 1. The topological polar surface area (TPSA) is 102 Å². The fourth-order valence-electron chi connectivity index (χ4n) is 3.06. The number of rotatable bonds is 7. The van der Waals surface area contributed by atoms with Gasteiger partial charge in [-0.05, 0) is 37.3 Å². The predicted octanol–water partition coefficient (Wildman–Crippen LogP) is 2.75. The molecule has 0 aliphatic carbocycles. The van der Waals surface area contributed by atoms with Crippen molar-refractivity contribution in [3.05, 3.63) is 53.8 Å². The van der Waals surface area contributed by atoms with Gasteiger partial charge in [0.2, 0.25) is 10.0 Å².